The van der Waals surface area contributed by atoms with Gasteiger partial charge in [-0.2, -0.15) is 0 Å². The predicted octanol–water partition coefficient (Wildman–Crippen LogP) is 10.6. The highest BCUT2D eigenvalue weighted by Gasteiger charge is 2.28. The third-order valence-electron chi connectivity index (χ3n) is 9.98. The molecule has 0 aliphatic rings. The SMILES string of the molecule is CCCCCCCCCCCC/C=C/CCC[C@@H](O)C(=O)N[C@@H](CO)[C@H](O)[C@H](O)CCCCCCCCCCCCCCCCCCC. The van der Waals surface area contributed by atoms with Crippen molar-refractivity contribution in [1.82, 2.24) is 5.32 Å². The van der Waals surface area contributed by atoms with Gasteiger partial charge in [0.25, 0.3) is 0 Å². The summed E-state index contributed by atoms with van der Waals surface area (Å²) in [6.45, 7) is 4.04. The molecule has 0 unspecified atom stereocenters. The van der Waals surface area contributed by atoms with Crippen LogP contribution in [0.2, 0.25) is 0 Å². The number of hydrogen-bond acceptors (Lipinski definition) is 5. The molecule has 0 bridgehead atoms. The quantitative estimate of drug-likeness (QED) is 0.0329. The van der Waals surface area contributed by atoms with E-state index in [1.807, 2.05) is 0 Å². The molecule has 0 aliphatic heterocycles. The number of aliphatic hydroxyl groups excluding tert-OH is 4. The van der Waals surface area contributed by atoms with Crippen molar-refractivity contribution < 1.29 is 25.2 Å². The van der Waals surface area contributed by atoms with Crippen molar-refractivity contribution in [1.29, 1.82) is 0 Å². The highest BCUT2D eigenvalue weighted by molar-refractivity contribution is 5.80. The van der Waals surface area contributed by atoms with E-state index in [1.54, 1.807) is 0 Å². The van der Waals surface area contributed by atoms with Crippen molar-refractivity contribution >= 4 is 5.91 Å². The van der Waals surface area contributed by atoms with Crippen LogP contribution in [0.5, 0.6) is 0 Å². The fourth-order valence-corrected chi connectivity index (χ4v) is 6.58. The third kappa shape index (κ3) is 31.1. The highest BCUT2D eigenvalue weighted by atomic mass is 16.3. The Kier molecular flexibility index (Phi) is 36.6. The monoisotopic (exact) mass is 682 g/mol. The Balaban J connectivity index is 3.77. The summed E-state index contributed by atoms with van der Waals surface area (Å²) in [4.78, 5) is 12.5. The normalized spacial score (nSPS) is 14.4. The molecule has 0 fully saturated rings. The number of nitrogens with one attached hydrogen (secondary N) is 1. The van der Waals surface area contributed by atoms with Gasteiger partial charge in [0.2, 0.25) is 5.91 Å². The number of rotatable bonds is 38. The van der Waals surface area contributed by atoms with Gasteiger partial charge in [0, 0.05) is 0 Å². The predicted molar refractivity (Wildman–Crippen MR) is 205 cm³/mol. The molecule has 6 heteroatoms. The van der Waals surface area contributed by atoms with E-state index in [4.69, 9.17) is 0 Å². The summed E-state index contributed by atoms with van der Waals surface area (Å²) in [6, 6.07) is -0.992. The Hall–Kier alpha value is -0.950. The maximum Gasteiger partial charge on any atom is 0.249 e. The largest absolute Gasteiger partial charge is 0.394 e. The molecule has 286 valence electrons. The first kappa shape index (κ1) is 47.0. The summed E-state index contributed by atoms with van der Waals surface area (Å²) in [7, 11) is 0. The summed E-state index contributed by atoms with van der Waals surface area (Å²) >= 11 is 0. The number of allylic oxidation sites excluding steroid dienone is 2. The standard InChI is InChI=1S/C42H83NO5/c1-3-5-7-9-11-13-15-17-19-20-22-23-25-27-29-31-33-35-39(45)41(47)38(37-44)43-42(48)40(46)36-34-32-30-28-26-24-21-18-16-14-12-10-8-6-4-2/h28,30,38-41,44-47H,3-27,29,31-37H2,1-2H3,(H,43,48)/b30-28+/t38-,39+,40+,41-/m0/s1. The van der Waals surface area contributed by atoms with Crippen molar-refractivity contribution in [3.8, 4) is 0 Å². The Morgan fingerprint density at radius 2 is 0.854 bits per heavy atom. The molecule has 0 aliphatic carbocycles. The first-order chi connectivity index (χ1) is 23.5. The van der Waals surface area contributed by atoms with Gasteiger partial charge >= 0.3 is 0 Å². The van der Waals surface area contributed by atoms with E-state index >= 15 is 0 Å². The molecule has 5 N–H and O–H groups in total. The van der Waals surface area contributed by atoms with Gasteiger partial charge in [0.1, 0.15) is 12.2 Å². The number of carbonyl (C=O) groups excluding carboxylic acids is 1. The molecule has 6 nitrogen and oxygen atoms in total. The van der Waals surface area contributed by atoms with Crippen LogP contribution >= 0.6 is 0 Å². The number of carbonyl (C=O) groups is 1. The Morgan fingerprint density at radius 3 is 1.25 bits per heavy atom. The molecule has 1 amide bonds. The van der Waals surface area contributed by atoms with E-state index in [0.29, 0.717) is 19.3 Å². The zero-order valence-electron chi connectivity index (χ0n) is 32.0. The number of unbranched alkanes of at least 4 members (excludes halogenated alkanes) is 27. The molecular weight excluding hydrogens is 598 g/mol. The lowest BCUT2D eigenvalue weighted by atomic mass is 9.99. The molecule has 4 atom stereocenters. The molecule has 48 heavy (non-hydrogen) atoms. The van der Waals surface area contributed by atoms with Crippen molar-refractivity contribution in [2.45, 2.75) is 244 Å². The average molecular weight is 682 g/mol. The van der Waals surface area contributed by atoms with Crippen LogP contribution in [0.25, 0.3) is 0 Å². The highest BCUT2D eigenvalue weighted by Crippen LogP contribution is 2.16. The zero-order valence-corrected chi connectivity index (χ0v) is 32.0. The first-order valence-corrected chi connectivity index (χ1v) is 21.1. The van der Waals surface area contributed by atoms with E-state index in [9.17, 15) is 25.2 Å². The molecule has 0 heterocycles. The lowest BCUT2D eigenvalue weighted by Crippen LogP contribution is -2.53. The van der Waals surface area contributed by atoms with Crippen LogP contribution in [0.4, 0.5) is 0 Å². The first-order valence-electron chi connectivity index (χ1n) is 21.1. The second-order valence-corrected chi connectivity index (χ2v) is 14.7. The second-order valence-electron chi connectivity index (χ2n) is 14.7. The van der Waals surface area contributed by atoms with Gasteiger partial charge in [-0.3, -0.25) is 4.79 Å². The lowest BCUT2D eigenvalue weighted by molar-refractivity contribution is -0.132. The van der Waals surface area contributed by atoms with Gasteiger partial charge in [-0.15, -0.1) is 0 Å². The average Bonchev–Trinajstić information content (AvgIpc) is 3.09. The Morgan fingerprint density at radius 1 is 0.500 bits per heavy atom. The number of aliphatic hydroxyl groups is 4. The summed E-state index contributed by atoms with van der Waals surface area (Å²) in [5, 5.41) is 43.6. The minimum atomic E-state index is -1.26. The summed E-state index contributed by atoms with van der Waals surface area (Å²) < 4.78 is 0. The molecule has 0 aromatic carbocycles. The lowest BCUT2D eigenvalue weighted by Gasteiger charge is -2.27. The van der Waals surface area contributed by atoms with Crippen LogP contribution in [0.1, 0.15) is 219 Å². The minimum absolute atomic E-state index is 0.324. The van der Waals surface area contributed by atoms with Gasteiger partial charge in [-0.25, -0.2) is 0 Å². The molecule has 0 saturated carbocycles. The number of amides is 1. The van der Waals surface area contributed by atoms with E-state index < -0.39 is 36.9 Å². The molecule has 0 aromatic rings. The third-order valence-corrected chi connectivity index (χ3v) is 9.98. The van der Waals surface area contributed by atoms with Gasteiger partial charge in [0.15, 0.2) is 0 Å². The van der Waals surface area contributed by atoms with E-state index in [2.05, 4.69) is 31.3 Å². The fraction of sp³-hybridized carbons (Fsp3) is 0.929. The molecule has 0 rings (SSSR count). The molecule has 0 spiro atoms. The number of hydrogen-bond donors (Lipinski definition) is 5. The molecule has 0 aromatic heterocycles. The van der Waals surface area contributed by atoms with Gasteiger partial charge in [-0.05, 0) is 38.5 Å². The zero-order chi connectivity index (χ0) is 35.3. The van der Waals surface area contributed by atoms with Gasteiger partial charge in [-0.1, -0.05) is 193 Å². The summed E-state index contributed by atoms with van der Waals surface area (Å²) in [6.07, 6.45) is 39.5. The Labute approximate surface area is 298 Å². The van der Waals surface area contributed by atoms with Crippen molar-refractivity contribution in [2.24, 2.45) is 0 Å². The second kappa shape index (κ2) is 37.3. The molecule has 0 saturated heterocycles. The van der Waals surface area contributed by atoms with Gasteiger partial charge < -0.3 is 25.7 Å². The van der Waals surface area contributed by atoms with Crippen LogP contribution in [0.15, 0.2) is 12.2 Å². The van der Waals surface area contributed by atoms with E-state index in [0.717, 1.165) is 32.1 Å². The topological polar surface area (TPSA) is 110 Å². The van der Waals surface area contributed by atoms with Crippen LogP contribution in [-0.2, 0) is 4.79 Å². The van der Waals surface area contributed by atoms with E-state index in [-0.39, 0.29) is 0 Å². The molecule has 0 radical (unpaired) electrons. The molecular formula is C42H83NO5. The van der Waals surface area contributed by atoms with Crippen LogP contribution in [0.3, 0.4) is 0 Å². The van der Waals surface area contributed by atoms with Crippen molar-refractivity contribution in [3.63, 3.8) is 0 Å². The summed E-state index contributed by atoms with van der Waals surface area (Å²) in [5.41, 5.74) is 0. The maximum atomic E-state index is 12.5. The van der Waals surface area contributed by atoms with Crippen LogP contribution in [-0.4, -0.2) is 57.3 Å². The minimum Gasteiger partial charge on any atom is -0.394 e. The fourth-order valence-electron chi connectivity index (χ4n) is 6.58. The van der Waals surface area contributed by atoms with E-state index in [1.165, 1.54) is 154 Å². The van der Waals surface area contributed by atoms with Crippen molar-refractivity contribution in [2.75, 3.05) is 6.61 Å². The van der Waals surface area contributed by atoms with Crippen molar-refractivity contribution in [3.05, 3.63) is 12.2 Å². The summed E-state index contributed by atoms with van der Waals surface area (Å²) in [5.74, 6) is -0.604. The van der Waals surface area contributed by atoms with Crippen LogP contribution in [0, 0.1) is 0 Å². The van der Waals surface area contributed by atoms with Crippen LogP contribution < -0.4 is 5.32 Å². The van der Waals surface area contributed by atoms with Gasteiger partial charge in [0.05, 0.1) is 18.8 Å². The maximum absolute atomic E-state index is 12.5. The smallest absolute Gasteiger partial charge is 0.249 e. The Bertz CT molecular complexity index is 687.